The van der Waals surface area contributed by atoms with Crippen molar-refractivity contribution in [2.75, 3.05) is 0 Å². The Labute approximate surface area is 161 Å². The molecule has 0 spiro atoms. The molecule has 0 aromatic rings. The molecule has 0 amide bonds. The fourth-order valence-corrected chi connectivity index (χ4v) is 0. The third-order valence-corrected chi connectivity index (χ3v) is 0. The van der Waals surface area contributed by atoms with E-state index in [0.29, 0.717) is 0 Å². The van der Waals surface area contributed by atoms with Gasteiger partial charge in [-0.1, -0.05) is 0 Å². The number of rotatable bonds is 0. The summed E-state index contributed by atoms with van der Waals surface area (Å²) < 4.78 is 0. The van der Waals surface area contributed by atoms with Crippen LogP contribution >= 0.6 is 48.0 Å². The zero-order valence-electron chi connectivity index (χ0n) is 2.64. The summed E-state index contributed by atoms with van der Waals surface area (Å²) in [5.74, 6) is 0. The van der Waals surface area contributed by atoms with E-state index in [1.807, 2.05) is 0 Å². The SMILES string of the molecule is I.I.[I-].[I-].[I-].[I-].[Pt+4]. The van der Waals surface area contributed by atoms with Crippen LogP contribution in [0.3, 0.4) is 0 Å². The Balaban J connectivity index is 0. The third kappa shape index (κ3) is 35.4. The van der Waals surface area contributed by atoms with Crippen LogP contribution in [0.4, 0.5) is 0 Å². The maximum Gasteiger partial charge on any atom is 4.00 e. The first-order chi connectivity index (χ1) is 0. The minimum Gasteiger partial charge on any atom is -1.00 e. The van der Waals surface area contributed by atoms with Crippen LogP contribution in [0.1, 0.15) is 0 Å². The summed E-state index contributed by atoms with van der Waals surface area (Å²) in [5, 5.41) is 0. The summed E-state index contributed by atoms with van der Waals surface area (Å²) in [6.07, 6.45) is 0. The van der Waals surface area contributed by atoms with Gasteiger partial charge in [-0.15, -0.1) is 48.0 Å². The maximum absolute atomic E-state index is 0. The van der Waals surface area contributed by atoms with Crippen molar-refractivity contribution in [3.8, 4) is 0 Å². The molecule has 0 fully saturated rings. The molecule has 0 aromatic carbocycles. The molecule has 0 radical (unpaired) electrons. The molecule has 0 nitrogen and oxygen atoms in total. The molecule has 0 aliphatic rings. The van der Waals surface area contributed by atoms with E-state index >= 15 is 0 Å². The zero-order valence-corrected chi connectivity index (χ0v) is 18.2. The fourth-order valence-electron chi connectivity index (χ4n) is 0. The molecular weight excluding hydrogens is 957 g/mol. The average molecular weight is 959 g/mol. The topological polar surface area (TPSA) is 0 Å². The normalized spacial score (nSPS) is 0. The fraction of sp³-hybridized carbons (Fsp3) is 0. The zero-order chi connectivity index (χ0) is 0. The Morgan fingerprint density at radius 2 is 0.429 bits per heavy atom. The second kappa shape index (κ2) is 43.7. The quantitative estimate of drug-likeness (QED) is 0.212. The van der Waals surface area contributed by atoms with Crippen LogP contribution in [0.15, 0.2) is 0 Å². The molecule has 7 heteroatoms. The van der Waals surface area contributed by atoms with Crippen molar-refractivity contribution in [2.45, 2.75) is 0 Å². The summed E-state index contributed by atoms with van der Waals surface area (Å²) in [7, 11) is 0. The van der Waals surface area contributed by atoms with Gasteiger partial charge in [0.2, 0.25) is 0 Å². The first-order valence-electron chi connectivity index (χ1n) is 0. The molecule has 0 atom stereocenters. The molecule has 0 unspecified atom stereocenters. The van der Waals surface area contributed by atoms with E-state index in [2.05, 4.69) is 0 Å². The van der Waals surface area contributed by atoms with Gasteiger partial charge >= 0.3 is 21.1 Å². The molecule has 0 bridgehead atoms. The van der Waals surface area contributed by atoms with Gasteiger partial charge in [0.1, 0.15) is 0 Å². The summed E-state index contributed by atoms with van der Waals surface area (Å²) in [5.41, 5.74) is 0. The van der Waals surface area contributed by atoms with E-state index < -0.39 is 0 Å². The minimum absolute atomic E-state index is 0. The van der Waals surface area contributed by atoms with Crippen molar-refractivity contribution in [2.24, 2.45) is 0 Å². The maximum atomic E-state index is 0. The van der Waals surface area contributed by atoms with Crippen molar-refractivity contribution in [3.63, 3.8) is 0 Å². The van der Waals surface area contributed by atoms with Crippen molar-refractivity contribution in [1.82, 2.24) is 0 Å². The molecule has 0 heterocycles. The molecule has 0 saturated heterocycles. The monoisotopic (exact) mass is 958 g/mol. The van der Waals surface area contributed by atoms with Gasteiger partial charge in [0.25, 0.3) is 0 Å². The van der Waals surface area contributed by atoms with E-state index in [0.717, 1.165) is 0 Å². The Kier molecular flexibility index (Phi) is 359. The molecule has 0 aliphatic heterocycles. The minimum atomic E-state index is 0. The number of hydrogen-bond acceptors (Lipinski definition) is 0. The Morgan fingerprint density at radius 3 is 0.429 bits per heavy atom. The number of halogens is 6. The molecule has 0 rings (SSSR count). The van der Waals surface area contributed by atoms with Crippen LogP contribution < -0.4 is 95.9 Å². The molecule has 0 saturated carbocycles. The van der Waals surface area contributed by atoms with Gasteiger partial charge in [-0.25, -0.2) is 0 Å². The predicted molar refractivity (Wildman–Crippen MR) is 30.8 cm³/mol. The van der Waals surface area contributed by atoms with Crippen LogP contribution in [0.5, 0.6) is 0 Å². The van der Waals surface area contributed by atoms with Gasteiger partial charge in [0.05, 0.1) is 0 Å². The van der Waals surface area contributed by atoms with E-state index in [1.165, 1.54) is 0 Å². The van der Waals surface area contributed by atoms with Crippen molar-refractivity contribution < 1.29 is 117 Å². The Bertz CT molecular complexity index is 4.14. The van der Waals surface area contributed by atoms with Gasteiger partial charge in [-0.2, -0.15) is 0 Å². The molecule has 0 N–H and O–H groups in total. The molecular formula is H2I6Pt. The first-order valence-corrected chi connectivity index (χ1v) is 0. The predicted octanol–water partition coefficient (Wildman–Crippen LogP) is -10.8. The van der Waals surface area contributed by atoms with E-state index in [9.17, 15) is 0 Å². The van der Waals surface area contributed by atoms with Crippen LogP contribution in [0.25, 0.3) is 0 Å². The summed E-state index contributed by atoms with van der Waals surface area (Å²) in [6.45, 7) is 0. The van der Waals surface area contributed by atoms with E-state index in [4.69, 9.17) is 0 Å². The Hall–Kier alpha value is 5.07. The van der Waals surface area contributed by atoms with Gasteiger partial charge in [0, 0.05) is 0 Å². The van der Waals surface area contributed by atoms with E-state index in [-0.39, 0.29) is 165 Å². The largest absolute Gasteiger partial charge is 4.00 e. The second-order valence-electron chi connectivity index (χ2n) is 0. The van der Waals surface area contributed by atoms with Gasteiger partial charge in [0.15, 0.2) is 0 Å². The average Bonchev–Trinajstić information content (AvgIpc) is 0. The Morgan fingerprint density at radius 1 is 0.429 bits per heavy atom. The molecule has 7 heavy (non-hydrogen) atoms. The summed E-state index contributed by atoms with van der Waals surface area (Å²) in [6, 6.07) is 0. The van der Waals surface area contributed by atoms with E-state index in [1.54, 1.807) is 0 Å². The van der Waals surface area contributed by atoms with Gasteiger partial charge in [-0.05, 0) is 0 Å². The van der Waals surface area contributed by atoms with Crippen LogP contribution in [0.2, 0.25) is 0 Å². The number of hydrogen-bond donors (Lipinski definition) is 0. The molecule has 0 aromatic heterocycles. The first kappa shape index (κ1) is 57.6. The van der Waals surface area contributed by atoms with Crippen LogP contribution in [-0.4, -0.2) is 0 Å². The van der Waals surface area contributed by atoms with Crippen molar-refractivity contribution in [1.29, 1.82) is 0 Å². The van der Waals surface area contributed by atoms with Crippen molar-refractivity contribution in [3.05, 3.63) is 0 Å². The third-order valence-electron chi connectivity index (χ3n) is 0. The second-order valence-corrected chi connectivity index (χ2v) is 0. The van der Waals surface area contributed by atoms with Crippen LogP contribution in [0, 0.1) is 0 Å². The summed E-state index contributed by atoms with van der Waals surface area (Å²) in [4.78, 5) is 0. The molecule has 54 valence electrons. The summed E-state index contributed by atoms with van der Waals surface area (Å²) >= 11 is 0. The van der Waals surface area contributed by atoms with Gasteiger partial charge < -0.3 is 95.9 Å². The molecule has 0 aliphatic carbocycles. The van der Waals surface area contributed by atoms with Crippen molar-refractivity contribution >= 4 is 48.0 Å². The smallest absolute Gasteiger partial charge is 1.00 e. The van der Waals surface area contributed by atoms with Gasteiger partial charge in [-0.3, -0.25) is 0 Å². The standard InChI is InChI=1S/6HI.Pt/h6*1H;/q;;;;;;+4/p-4. The van der Waals surface area contributed by atoms with Crippen LogP contribution in [-0.2, 0) is 21.1 Å².